The summed E-state index contributed by atoms with van der Waals surface area (Å²) in [6.45, 7) is 5.50. The lowest BCUT2D eigenvalue weighted by molar-refractivity contribution is 0.0655. The normalized spacial score (nSPS) is 16.7. The Labute approximate surface area is 385 Å². The Kier molecular flexibility index (Phi) is 11.4. The molecular weight excluding hydrogens is 901 g/mol. The minimum Gasteiger partial charge on any atom is -0.382 e. The van der Waals surface area contributed by atoms with E-state index in [2.05, 4.69) is 77.2 Å². The third-order valence-electron chi connectivity index (χ3n) is 9.84. The zero-order chi connectivity index (χ0) is 45.3. The molecule has 6 aromatic heterocycles. The largest absolute Gasteiger partial charge is 0.382 e. The number of benzene rings is 3. The number of hydrogen-bond donors (Lipinski definition) is 6. The molecule has 9 aromatic rings. The molecular formula is C39H36N24S3. The van der Waals surface area contributed by atoms with Gasteiger partial charge in [0.15, 0.2) is 53.4 Å². The average Bonchev–Trinajstić information content (AvgIpc) is 4.21. The van der Waals surface area contributed by atoms with Crippen LogP contribution < -0.4 is 33.2 Å². The Bertz CT molecular complexity index is 2890. The zero-order valence-electron chi connectivity index (χ0n) is 34.9. The predicted molar refractivity (Wildman–Crippen MR) is 249 cm³/mol. The van der Waals surface area contributed by atoms with Crippen LogP contribution in [0.3, 0.4) is 0 Å². The number of nitrogen functional groups attached to an aromatic ring is 3. The molecule has 66 heavy (non-hydrogen) atoms. The minimum absolute atomic E-state index is 0.156. The molecule has 0 unspecified atom stereocenters. The summed E-state index contributed by atoms with van der Waals surface area (Å²) in [5.41, 5.74) is 25.5. The van der Waals surface area contributed by atoms with Gasteiger partial charge in [-0.3, -0.25) is 0 Å². The van der Waals surface area contributed by atoms with Gasteiger partial charge in [-0.2, -0.15) is 15.3 Å². The van der Waals surface area contributed by atoms with Crippen molar-refractivity contribution in [1.82, 2.24) is 75.9 Å². The van der Waals surface area contributed by atoms with Gasteiger partial charge in [0.25, 0.3) is 15.4 Å². The monoisotopic (exact) mass is 936 g/mol. The highest BCUT2D eigenvalue weighted by Crippen LogP contribution is 2.42. The Hall–Kier alpha value is -7.95. The topological polar surface area (TPSA) is 319 Å². The van der Waals surface area contributed by atoms with Crippen LogP contribution in [0.5, 0.6) is 0 Å². The number of nitrogens with one attached hydrogen (secondary N) is 3. The van der Waals surface area contributed by atoms with Crippen LogP contribution in [0.1, 0.15) is 33.9 Å². The molecule has 1 aliphatic heterocycles. The van der Waals surface area contributed by atoms with Gasteiger partial charge in [-0.1, -0.05) is 125 Å². The highest BCUT2D eigenvalue weighted by molar-refractivity contribution is 7.15. The van der Waals surface area contributed by atoms with Crippen LogP contribution in [0.25, 0.3) is 33.8 Å². The van der Waals surface area contributed by atoms with Crippen molar-refractivity contribution in [2.24, 2.45) is 30.7 Å². The van der Waals surface area contributed by atoms with E-state index in [1.807, 2.05) is 112 Å². The van der Waals surface area contributed by atoms with Gasteiger partial charge < -0.3 is 17.2 Å². The molecule has 0 spiro atoms. The van der Waals surface area contributed by atoms with Crippen molar-refractivity contribution in [3.63, 3.8) is 0 Å². The predicted octanol–water partition coefficient (Wildman–Crippen LogP) is 8.30. The Morgan fingerprint density at radius 3 is 0.924 bits per heavy atom. The van der Waals surface area contributed by atoms with Crippen LogP contribution >= 0.6 is 34.0 Å². The van der Waals surface area contributed by atoms with Crippen LogP contribution in [-0.4, -0.2) is 59.9 Å². The van der Waals surface area contributed by atoms with E-state index >= 15 is 0 Å². The zero-order valence-corrected chi connectivity index (χ0v) is 37.3. The average molecular weight is 937 g/mol. The maximum Gasteiger partial charge on any atom is 0.251 e. The smallest absolute Gasteiger partial charge is 0.251 e. The van der Waals surface area contributed by atoms with Crippen LogP contribution in [0.2, 0.25) is 0 Å². The highest BCUT2D eigenvalue weighted by atomic mass is 32.1. The molecule has 1 fully saturated rings. The Morgan fingerprint density at radius 2 is 0.682 bits per heavy atom. The van der Waals surface area contributed by atoms with E-state index in [9.17, 15) is 0 Å². The first-order valence-electron chi connectivity index (χ1n) is 19.9. The maximum absolute atomic E-state index is 7.02. The third-order valence-corrected chi connectivity index (χ3v) is 12.0. The summed E-state index contributed by atoms with van der Waals surface area (Å²) >= 11 is 3.87. The number of aryl methyl sites for hydroxylation is 3. The molecule has 0 amide bonds. The van der Waals surface area contributed by atoms with E-state index in [0.29, 0.717) is 49.5 Å². The molecule has 330 valence electrons. The summed E-state index contributed by atoms with van der Waals surface area (Å²) in [6.07, 6.45) is -2.81. The SMILES string of the molecule is Cc1nnc(N=Nc2c(-c3ccccc3)nn(C3NC(n4nc(-c5ccccc5)c(N=Nc5nnc(C)s5)c4N)NC(n4nc(-c5ccccc5)c(N=Nc5nnc(C)s5)c4N)N3)c2N)s1. The van der Waals surface area contributed by atoms with Gasteiger partial charge in [0, 0.05) is 16.7 Å². The summed E-state index contributed by atoms with van der Waals surface area (Å²) in [4.78, 5) is 0. The second-order valence-electron chi connectivity index (χ2n) is 14.3. The van der Waals surface area contributed by atoms with Crippen LogP contribution in [0, 0.1) is 20.8 Å². The maximum atomic E-state index is 7.02. The number of azo groups is 3. The molecule has 1 aliphatic rings. The van der Waals surface area contributed by atoms with E-state index in [1.54, 1.807) is 14.0 Å². The number of nitrogens with zero attached hydrogens (tertiary/aromatic N) is 18. The number of anilines is 3. The van der Waals surface area contributed by atoms with Crippen molar-refractivity contribution >= 4 is 83.9 Å². The van der Waals surface area contributed by atoms with Crippen molar-refractivity contribution in [3.8, 4) is 33.8 Å². The fourth-order valence-electron chi connectivity index (χ4n) is 6.85. The highest BCUT2D eigenvalue weighted by Gasteiger charge is 2.37. The van der Waals surface area contributed by atoms with Crippen molar-refractivity contribution in [2.45, 2.75) is 39.6 Å². The summed E-state index contributed by atoms with van der Waals surface area (Å²) in [5, 5.41) is 80.3. The Morgan fingerprint density at radius 1 is 0.409 bits per heavy atom. The van der Waals surface area contributed by atoms with Gasteiger partial charge in [-0.15, -0.1) is 61.3 Å². The molecule has 0 aliphatic carbocycles. The summed E-state index contributed by atoms with van der Waals surface area (Å²) < 4.78 is 4.65. The number of rotatable bonds is 12. The molecule has 7 heterocycles. The fourth-order valence-corrected chi connectivity index (χ4v) is 8.38. The van der Waals surface area contributed by atoms with Crippen molar-refractivity contribution < 1.29 is 0 Å². The first-order valence-corrected chi connectivity index (χ1v) is 22.4. The molecule has 1 saturated heterocycles. The molecule has 0 saturated carbocycles. The summed E-state index contributed by atoms with van der Waals surface area (Å²) in [5.74, 6) is 0.469. The van der Waals surface area contributed by atoms with Gasteiger partial charge in [0.05, 0.1) is 0 Å². The quantitative estimate of drug-likeness (QED) is 0.0627. The molecule has 0 radical (unpaired) electrons. The van der Waals surface area contributed by atoms with E-state index < -0.39 is 18.9 Å². The molecule has 0 atom stereocenters. The van der Waals surface area contributed by atoms with E-state index in [1.165, 1.54) is 34.0 Å². The lowest BCUT2D eigenvalue weighted by Crippen LogP contribution is -2.60. The van der Waals surface area contributed by atoms with Crippen LogP contribution in [0.15, 0.2) is 122 Å². The summed E-state index contributed by atoms with van der Waals surface area (Å²) in [6, 6.07) is 28.5. The molecule has 9 N–H and O–H groups in total. The second kappa shape index (κ2) is 17.9. The standard InChI is InChI=1S/C39H36N24S3/c1-19-46-52-37(64-19)55-49-28-25(22-13-7-4-8-14-22)58-61(31(28)40)34-43-35(62-32(41)29(50-56-38-53-47-20(2)65-38)26(59-62)23-15-9-5-10-16-23)45-36(44-34)63-33(42)30(51-57-39-54-48-21(3)66-39)27(60-63)24-17-11-6-12-18-24/h4-18,34-36,43-45H,40-42H2,1-3H3. The van der Waals surface area contributed by atoms with E-state index in [-0.39, 0.29) is 17.5 Å². The third kappa shape index (κ3) is 8.42. The van der Waals surface area contributed by atoms with Crippen molar-refractivity contribution in [2.75, 3.05) is 17.2 Å². The second-order valence-corrected chi connectivity index (χ2v) is 17.8. The van der Waals surface area contributed by atoms with Crippen molar-refractivity contribution in [1.29, 1.82) is 0 Å². The fraction of sp³-hybridized carbons (Fsp3) is 0.154. The van der Waals surface area contributed by atoms with Gasteiger partial charge in [0.1, 0.15) is 32.1 Å². The van der Waals surface area contributed by atoms with Crippen molar-refractivity contribution in [3.05, 3.63) is 106 Å². The van der Waals surface area contributed by atoms with Crippen LogP contribution in [0.4, 0.5) is 49.9 Å². The van der Waals surface area contributed by atoms with Crippen LogP contribution in [-0.2, 0) is 0 Å². The molecule has 10 rings (SSSR count). The molecule has 24 nitrogen and oxygen atoms in total. The van der Waals surface area contributed by atoms with E-state index in [0.717, 1.165) is 31.7 Å². The molecule has 3 aromatic carbocycles. The van der Waals surface area contributed by atoms with Gasteiger partial charge >= 0.3 is 0 Å². The lowest BCUT2D eigenvalue weighted by Gasteiger charge is -2.39. The number of nitrogens with two attached hydrogens (primary N) is 3. The lowest BCUT2D eigenvalue weighted by atomic mass is 10.1. The molecule has 0 bridgehead atoms. The first kappa shape index (κ1) is 42.0. The van der Waals surface area contributed by atoms with E-state index in [4.69, 9.17) is 32.5 Å². The number of hydrogen-bond acceptors (Lipinski definition) is 24. The van der Waals surface area contributed by atoms with Gasteiger partial charge in [-0.25, -0.2) is 30.0 Å². The summed E-state index contributed by atoms with van der Waals surface area (Å²) in [7, 11) is 0. The van der Waals surface area contributed by atoms with Gasteiger partial charge in [-0.05, 0) is 20.8 Å². The Balaban J connectivity index is 1.12. The first-order chi connectivity index (χ1) is 32.2. The molecule has 27 heteroatoms. The van der Waals surface area contributed by atoms with Gasteiger partial charge in [0.2, 0.25) is 0 Å². The minimum atomic E-state index is -0.937. The number of aromatic nitrogens is 12.